The topological polar surface area (TPSA) is 91.4 Å². The van der Waals surface area contributed by atoms with Crippen molar-refractivity contribution in [3.05, 3.63) is 29.8 Å². The summed E-state index contributed by atoms with van der Waals surface area (Å²) in [5, 5.41) is 3.13. The van der Waals surface area contributed by atoms with E-state index in [1.54, 1.807) is 4.90 Å². The van der Waals surface area contributed by atoms with Gasteiger partial charge in [-0.1, -0.05) is 19.3 Å². The van der Waals surface area contributed by atoms with Crippen molar-refractivity contribution >= 4 is 23.3 Å². The Hall–Kier alpha value is -2.49. The quantitative estimate of drug-likeness (QED) is 0.635. The number of ether oxygens (including phenoxy) is 2. The van der Waals surface area contributed by atoms with E-state index in [9.17, 15) is 14.4 Å². The molecular weight excluding hydrogens is 460 g/mol. The maximum atomic E-state index is 14.1. The van der Waals surface area contributed by atoms with Gasteiger partial charge >= 0.3 is 0 Å². The fraction of sp³-hybridized carbons (Fsp3) is 0.667. The number of Topliss-reactive ketones (excluding diaryl/α,β-unsaturated/α-hetero) is 1. The molecule has 5 rings (SSSR count). The van der Waals surface area contributed by atoms with Crippen LogP contribution in [0.1, 0.15) is 49.4 Å². The molecule has 4 fully saturated rings. The molecule has 3 aliphatic heterocycles. The van der Waals surface area contributed by atoms with E-state index in [2.05, 4.69) is 22.2 Å². The SMILES string of the molecule is CCO[C@H]1CN(C(=O)C2(NC(=O)c3ccc(N4CCN(C)CC4)cc3)CCCCC2)[C@@H]2C(=O)CO[C@H]12. The summed E-state index contributed by atoms with van der Waals surface area (Å²) in [5.74, 6) is -0.519. The maximum Gasteiger partial charge on any atom is 0.252 e. The molecule has 3 heterocycles. The van der Waals surface area contributed by atoms with Gasteiger partial charge in [0.25, 0.3) is 5.91 Å². The first-order valence-electron chi connectivity index (χ1n) is 13.3. The number of fused-ring (bicyclic) bond motifs is 1. The van der Waals surface area contributed by atoms with E-state index in [-0.39, 0.29) is 30.3 Å². The molecule has 2 amide bonds. The number of carbonyl (C=O) groups is 3. The summed E-state index contributed by atoms with van der Waals surface area (Å²) in [6.45, 7) is 6.65. The van der Waals surface area contributed by atoms with Crippen molar-refractivity contribution in [2.24, 2.45) is 0 Å². The van der Waals surface area contributed by atoms with Crippen LogP contribution in [0.4, 0.5) is 5.69 Å². The van der Waals surface area contributed by atoms with Gasteiger partial charge in [0, 0.05) is 44.0 Å². The second-order valence-corrected chi connectivity index (χ2v) is 10.6. The minimum Gasteiger partial charge on any atom is -0.374 e. The second kappa shape index (κ2) is 10.5. The fourth-order valence-corrected chi connectivity index (χ4v) is 6.18. The molecule has 36 heavy (non-hydrogen) atoms. The summed E-state index contributed by atoms with van der Waals surface area (Å²) in [6, 6.07) is 7.03. The van der Waals surface area contributed by atoms with Crippen LogP contribution in [0.2, 0.25) is 0 Å². The van der Waals surface area contributed by atoms with E-state index in [0.717, 1.165) is 51.1 Å². The first-order valence-corrected chi connectivity index (χ1v) is 13.3. The van der Waals surface area contributed by atoms with Crippen molar-refractivity contribution in [2.45, 2.75) is 62.8 Å². The van der Waals surface area contributed by atoms with E-state index in [0.29, 0.717) is 31.6 Å². The van der Waals surface area contributed by atoms with Crippen molar-refractivity contribution < 1.29 is 23.9 Å². The van der Waals surface area contributed by atoms with Gasteiger partial charge in [-0.15, -0.1) is 0 Å². The summed E-state index contributed by atoms with van der Waals surface area (Å²) in [7, 11) is 2.13. The standard InChI is InChI=1S/C27H38N4O5/c1-3-35-22-17-31(23-21(32)18-36-24(22)23)26(34)27(11-5-4-6-12-27)28-25(33)19-7-9-20(10-8-19)30-15-13-29(2)14-16-30/h7-10,22-24H,3-6,11-18H2,1-2H3,(H,28,33)/t22-,23+,24+/m0/s1. The monoisotopic (exact) mass is 498 g/mol. The van der Waals surface area contributed by atoms with Gasteiger partial charge in [-0.05, 0) is 51.1 Å². The highest BCUT2D eigenvalue weighted by atomic mass is 16.6. The number of ketones is 1. The number of piperazine rings is 1. The molecule has 1 aliphatic carbocycles. The minimum atomic E-state index is -1.01. The second-order valence-electron chi connectivity index (χ2n) is 10.6. The molecule has 0 unspecified atom stereocenters. The number of hydrogen-bond acceptors (Lipinski definition) is 7. The normalized spacial score (nSPS) is 28.3. The molecule has 4 aliphatic rings. The molecule has 0 radical (unpaired) electrons. The number of likely N-dealkylation sites (N-methyl/N-ethyl adjacent to an activating group) is 1. The molecular formula is C27H38N4O5. The molecule has 3 saturated heterocycles. The van der Waals surface area contributed by atoms with E-state index < -0.39 is 17.7 Å². The summed E-state index contributed by atoms with van der Waals surface area (Å²) in [5.41, 5.74) is 0.630. The number of carbonyl (C=O) groups excluding carboxylic acids is 3. The van der Waals surface area contributed by atoms with Crippen molar-refractivity contribution in [2.75, 3.05) is 57.9 Å². The summed E-state index contributed by atoms with van der Waals surface area (Å²) in [4.78, 5) is 46.4. The van der Waals surface area contributed by atoms with Gasteiger partial charge in [0.05, 0.1) is 6.54 Å². The lowest BCUT2D eigenvalue weighted by Gasteiger charge is -2.40. The Morgan fingerprint density at radius 2 is 1.78 bits per heavy atom. The molecule has 1 saturated carbocycles. The molecule has 1 aromatic carbocycles. The molecule has 0 spiro atoms. The highest BCUT2D eigenvalue weighted by Gasteiger charge is 2.56. The van der Waals surface area contributed by atoms with Crippen molar-refractivity contribution in [1.29, 1.82) is 0 Å². The van der Waals surface area contributed by atoms with Crippen LogP contribution in [0.5, 0.6) is 0 Å². The predicted molar refractivity (Wildman–Crippen MR) is 135 cm³/mol. The number of amides is 2. The van der Waals surface area contributed by atoms with E-state index in [1.165, 1.54) is 0 Å². The zero-order valence-electron chi connectivity index (χ0n) is 21.4. The van der Waals surface area contributed by atoms with Gasteiger partial charge in [0.2, 0.25) is 5.91 Å². The van der Waals surface area contributed by atoms with Gasteiger partial charge < -0.3 is 29.5 Å². The Morgan fingerprint density at radius 3 is 2.44 bits per heavy atom. The number of rotatable bonds is 6. The number of nitrogens with zero attached hydrogens (tertiary/aromatic N) is 3. The van der Waals surface area contributed by atoms with E-state index in [4.69, 9.17) is 9.47 Å². The van der Waals surface area contributed by atoms with Crippen molar-refractivity contribution in [3.8, 4) is 0 Å². The number of anilines is 1. The zero-order chi connectivity index (χ0) is 25.3. The van der Waals surface area contributed by atoms with Gasteiger partial charge in [0.15, 0.2) is 5.78 Å². The lowest BCUT2D eigenvalue weighted by atomic mass is 9.80. The number of benzene rings is 1. The average molecular weight is 499 g/mol. The maximum absolute atomic E-state index is 14.1. The van der Waals surface area contributed by atoms with Crippen LogP contribution in [0.3, 0.4) is 0 Å². The Bertz CT molecular complexity index is 969. The molecule has 9 nitrogen and oxygen atoms in total. The third-order valence-electron chi connectivity index (χ3n) is 8.25. The third-order valence-corrected chi connectivity index (χ3v) is 8.25. The largest absolute Gasteiger partial charge is 0.374 e. The summed E-state index contributed by atoms with van der Waals surface area (Å²) in [6.07, 6.45) is 3.12. The molecule has 3 atom stereocenters. The van der Waals surface area contributed by atoms with Crippen LogP contribution in [-0.4, -0.2) is 104 Å². The van der Waals surface area contributed by atoms with E-state index in [1.807, 2.05) is 31.2 Å². The third kappa shape index (κ3) is 4.76. The smallest absolute Gasteiger partial charge is 0.252 e. The van der Waals surface area contributed by atoms with Gasteiger partial charge in [-0.2, -0.15) is 0 Å². The van der Waals surface area contributed by atoms with Gasteiger partial charge in [-0.3, -0.25) is 14.4 Å². The summed E-state index contributed by atoms with van der Waals surface area (Å²) < 4.78 is 11.5. The molecule has 9 heteroatoms. The van der Waals surface area contributed by atoms with E-state index >= 15 is 0 Å². The molecule has 1 N–H and O–H groups in total. The Morgan fingerprint density at radius 1 is 1.08 bits per heavy atom. The van der Waals surface area contributed by atoms with Crippen LogP contribution in [0.15, 0.2) is 24.3 Å². The van der Waals surface area contributed by atoms with Crippen LogP contribution in [0.25, 0.3) is 0 Å². The lowest BCUT2D eigenvalue weighted by Crippen LogP contribution is -2.62. The minimum absolute atomic E-state index is 0.00169. The van der Waals surface area contributed by atoms with Crippen LogP contribution < -0.4 is 10.2 Å². The van der Waals surface area contributed by atoms with Crippen molar-refractivity contribution in [1.82, 2.24) is 15.1 Å². The average Bonchev–Trinajstić information content (AvgIpc) is 3.45. The fourth-order valence-electron chi connectivity index (χ4n) is 6.18. The van der Waals surface area contributed by atoms with Crippen molar-refractivity contribution in [3.63, 3.8) is 0 Å². The summed E-state index contributed by atoms with van der Waals surface area (Å²) >= 11 is 0. The Labute approximate surface area is 213 Å². The Balaban J connectivity index is 1.33. The lowest BCUT2D eigenvalue weighted by molar-refractivity contribution is -0.143. The first kappa shape index (κ1) is 25.2. The Kier molecular flexibility index (Phi) is 7.32. The highest BCUT2D eigenvalue weighted by Crippen LogP contribution is 2.36. The predicted octanol–water partition coefficient (Wildman–Crippen LogP) is 1.45. The van der Waals surface area contributed by atoms with Crippen LogP contribution in [0, 0.1) is 0 Å². The van der Waals surface area contributed by atoms with Gasteiger partial charge in [-0.25, -0.2) is 0 Å². The highest BCUT2D eigenvalue weighted by molar-refractivity contribution is 6.01. The van der Waals surface area contributed by atoms with Crippen LogP contribution in [-0.2, 0) is 19.1 Å². The zero-order valence-corrected chi connectivity index (χ0v) is 21.4. The number of nitrogens with one attached hydrogen (secondary N) is 1. The molecule has 0 aromatic heterocycles. The molecule has 0 bridgehead atoms. The van der Waals surface area contributed by atoms with Crippen LogP contribution >= 0.6 is 0 Å². The first-order chi connectivity index (χ1) is 17.4. The number of hydrogen-bond donors (Lipinski definition) is 1. The molecule has 196 valence electrons. The molecule has 1 aromatic rings. The van der Waals surface area contributed by atoms with Gasteiger partial charge in [0.1, 0.15) is 30.4 Å². The number of likely N-dealkylation sites (tertiary alicyclic amines) is 1.